The Morgan fingerprint density at radius 3 is 2.68 bits per heavy atom. The molecule has 0 bridgehead atoms. The Kier molecular flexibility index (Phi) is 2.59. The standard InChI is InChI=1S/C14H11NO4/c1-17-11-7-9-13(14(18-2)12(11)16)19-10-6-4-3-5-8(10)15-9/h3-7H,1-2H3. The highest BCUT2D eigenvalue weighted by molar-refractivity contribution is 5.78. The molecule has 0 atom stereocenters. The fraction of sp³-hybridized carbons (Fsp3) is 0.143. The molecular weight excluding hydrogens is 246 g/mol. The highest BCUT2D eigenvalue weighted by Crippen LogP contribution is 2.33. The molecule has 5 nitrogen and oxygen atoms in total. The molecule has 1 aliphatic carbocycles. The highest BCUT2D eigenvalue weighted by atomic mass is 16.5. The summed E-state index contributed by atoms with van der Waals surface area (Å²) >= 11 is 0. The minimum Gasteiger partial charge on any atom is -0.492 e. The number of rotatable bonds is 2. The van der Waals surface area contributed by atoms with Crippen molar-refractivity contribution in [2.24, 2.45) is 0 Å². The van der Waals surface area contributed by atoms with E-state index in [2.05, 4.69) is 4.98 Å². The Hall–Kier alpha value is -2.56. The Morgan fingerprint density at radius 1 is 1.16 bits per heavy atom. The van der Waals surface area contributed by atoms with E-state index in [4.69, 9.17) is 13.9 Å². The van der Waals surface area contributed by atoms with Gasteiger partial charge in [0.05, 0.1) is 14.2 Å². The van der Waals surface area contributed by atoms with Crippen molar-refractivity contribution in [2.75, 3.05) is 14.2 Å². The minimum absolute atomic E-state index is 0.104. The van der Waals surface area contributed by atoms with E-state index >= 15 is 0 Å². The Labute approximate surface area is 108 Å². The number of hydrogen-bond acceptors (Lipinski definition) is 5. The zero-order valence-corrected chi connectivity index (χ0v) is 10.5. The minimum atomic E-state index is -0.349. The molecule has 5 heteroatoms. The fourth-order valence-corrected chi connectivity index (χ4v) is 1.98. The average Bonchev–Trinajstić information content (AvgIpc) is 2.45. The third kappa shape index (κ3) is 1.71. The van der Waals surface area contributed by atoms with Gasteiger partial charge in [-0.3, -0.25) is 4.79 Å². The summed E-state index contributed by atoms with van der Waals surface area (Å²) in [5.74, 6) is 0.613. The molecule has 96 valence electrons. The first kappa shape index (κ1) is 11.5. The van der Waals surface area contributed by atoms with Gasteiger partial charge >= 0.3 is 0 Å². The first-order valence-electron chi connectivity index (χ1n) is 5.69. The van der Waals surface area contributed by atoms with Crippen LogP contribution in [0.5, 0.6) is 11.5 Å². The van der Waals surface area contributed by atoms with Gasteiger partial charge in [0, 0.05) is 6.07 Å². The number of fused-ring (bicyclic) bond motifs is 2. The van der Waals surface area contributed by atoms with Crippen LogP contribution in [0.2, 0.25) is 0 Å². The number of methoxy groups -OCH3 is 2. The van der Waals surface area contributed by atoms with E-state index in [1.165, 1.54) is 14.2 Å². The summed E-state index contributed by atoms with van der Waals surface area (Å²) in [6.45, 7) is 0. The van der Waals surface area contributed by atoms with Crippen LogP contribution in [0.25, 0.3) is 22.6 Å². The first-order chi connectivity index (χ1) is 9.24. The van der Waals surface area contributed by atoms with E-state index in [1.807, 2.05) is 18.2 Å². The second-order valence-electron chi connectivity index (χ2n) is 3.97. The Balaban J connectivity index is 2.47. The molecule has 0 spiro atoms. The summed E-state index contributed by atoms with van der Waals surface area (Å²) in [4.78, 5) is 16.5. The third-order valence-electron chi connectivity index (χ3n) is 2.88. The molecule has 3 rings (SSSR count). The molecule has 0 amide bonds. The monoisotopic (exact) mass is 257 g/mol. The summed E-state index contributed by atoms with van der Waals surface area (Å²) in [5, 5.41) is 0. The third-order valence-corrected chi connectivity index (χ3v) is 2.88. The van der Waals surface area contributed by atoms with Crippen molar-refractivity contribution in [3.8, 4) is 23.0 Å². The Morgan fingerprint density at radius 2 is 1.95 bits per heavy atom. The molecule has 0 saturated heterocycles. The molecule has 0 aromatic heterocycles. The lowest BCUT2D eigenvalue weighted by molar-refractivity contribution is 0.379. The summed E-state index contributed by atoms with van der Waals surface area (Å²) in [6, 6.07) is 8.88. The number of aromatic nitrogens is 1. The normalized spacial score (nSPS) is 10.8. The number of hydrogen-bond donors (Lipinski definition) is 0. The second kappa shape index (κ2) is 4.28. The zero-order chi connectivity index (χ0) is 13.4. The van der Waals surface area contributed by atoms with Crippen molar-refractivity contribution in [1.82, 2.24) is 4.98 Å². The molecule has 0 saturated carbocycles. The molecule has 1 aromatic carbocycles. The molecule has 1 aromatic rings. The van der Waals surface area contributed by atoms with Crippen LogP contribution in [0.4, 0.5) is 0 Å². The van der Waals surface area contributed by atoms with Gasteiger partial charge in [0.1, 0.15) is 11.2 Å². The van der Waals surface area contributed by atoms with E-state index in [0.29, 0.717) is 22.6 Å². The number of para-hydroxylation sites is 2. The largest absolute Gasteiger partial charge is 0.492 e. The van der Waals surface area contributed by atoms with Gasteiger partial charge in [0.2, 0.25) is 5.75 Å². The number of ether oxygens (including phenoxy) is 2. The van der Waals surface area contributed by atoms with Crippen LogP contribution in [-0.4, -0.2) is 19.2 Å². The maximum Gasteiger partial charge on any atom is 0.266 e. The lowest BCUT2D eigenvalue weighted by Crippen LogP contribution is -2.11. The molecule has 0 radical (unpaired) electrons. The fourth-order valence-electron chi connectivity index (χ4n) is 1.98. The lowest BCUT2D eigenvalue weighted by Gasteiger charge is -2.11. The van der Waals surface area contributed by atoms with Crippen LogP contribution < -0.4 is 14.9 Å². The van der Waals surface area contributed by atoms with Crippen molar-refractivity contribution in [3.05, 3.63) is 40.6 Å². The van der Waals surface area contributed by atoms with E-state index in [0.717, 1.165) is 0 Å². The van der Waals surface area contributed by atoms with E-state index in [-0.39, 0.29) is 16.9 Å². The summed E-state index contributed by atoms with van der Waals surface area (Å²) in [5.41, 5.74) is 1.47. The lowest BCUT2D eigenvalue weighted by atomic mass is 10.2. The maximum absolute atomic E-state index is 12.0. The summed E-state index contributed by atoms with van der Waals surface area (Å²) < 4.78 is 15.9. The molecule has 0 unspecified atom stereocenters. The van der Waals surface area contributed by atoms with Gasteiger partial charge in [-0.05, 0) is 12.1 Å². The van der Waals surface area contributed by atoms with Gasteiger partial charge in [-0.15, -0.1) is 0 Å². The molecule has 19 heavy (non-hydrogen) atoms. The van der Waals surface area contributed by atoms with Gasteiger partial charge in [-0.1, -0.05) is 12.1 Å². The number of nitrogens with zero attached hydrogens (tertiary/aromatic N) is 1. The predicted octanol–water partition coefficient (Wildman–Crippen LogP) is 2.31. The van der Waals surface area contributed by atoms with Gasteiger partial charge in [0.15, 0.2) is 17.1 Å². The van der Waals surface area contributed by atoms with E-state index < -0.39 is 0 Å². The van der Waals surface area contributed by atoms with Crippen LogP contribution in [-0.2, 0) is 0 Å². The second-order valence-corrected chi connectivity index (χ2v) is 3.97. The summed E-state index contributed by atoms with van der Waals surface area (Å²) in [7, 11) is 2.85. The smallest absolute Gasteiger partial charge is 0.266 e. The highest BCUT2D eigenvalue weighted by Gasteiger charge is 2.21. The predicted molar refractivity (Wildman–Crippen MR) is 70.0 cm³/mol. The van der Waals surface area contributed by atoms with E-state index in [9.17, 15) is 4.79 Å². The molecule has 1 heterocycles. The molecular formula is C14H11NO4. The molecule has 2 aliphatic rings. The van der Waals surface area contributed by atoms with Crippen LogP contribution in [0.3, 0.4) is 0 Å². The van der Waals surface area contributed by atoms with Crippen LogP contribution in [0.15, 0.2) is 39.5 Å². The van der Waals surface area contributed by atoms with Gasteiger partial charge < -0.3 is 13.9 Å². The van der Waals surface area contributed by atoms with Gasteiger partial charge in [0.25, 0.3) is 5.43 Å². The van der Waals surface area contributed by atoms with Crippen molar-refractivity contribution < 1.29 is 13.9 Å². The van der Waals surface area contributed by atoms with Crippen molar-refractivity contribution >= 4 is 11.1 Å². The SMILES string of the molecule is COc1cc2nc3ccccc3oc-2c(OC)c1=O. The number of benzene rings is 2. The average molecular weight is 257 g/mol. The zero-order valence-electron chi connectivity index (χ0n) is 10.5. The van der Waals surface area contributed by atoms with Crippen LogP contribution in [0.1, 0.15) is 0 Å². The van der Waals surface area contributed by atoms with E-state index in [1.54, 1.807) is 12.1 Å². The van der Waals surface area contributed by atoms with Crippen molar-refractivity contribution in [2.45, 2.75) is 0 Å². The van der Waals surface area contributed by atoms with Gasteiger partial charge in [-0.2, -0.15) is 0 Å². The molecule has 1 aliphatic heterocycles. The first-order valence-corrected chi connectivity index (χ1v) is 5.69. The van der Waals surface area contributed by atoms with Crippen molar-refractivity contribution in [1.29, 1.82) is 0 Å². The van der Waals surface area contributed by atoms with Gasteiger partial charge in [-0.25, -0.2) is 4.98 Å². The quantitative estimate of drug-likeness (QED) is 0.659. The Bertz CT molecular complexity index is 778. The molecule has 0 N–H and O–H groups in total. The van der Waals surface area contributed by atoms with Crippen LogP contribution in [0, 0.1) is 0 Å². The maximum atomic E-state index is 12.0. The van der Waals surface area contributed by atoms with Crippen molar-refractivity contribution in [3.63, 3.8) is 0 Å². The topological polar surface area (TPSA) is 61.6 Å². The molecule has 0 fully saturated rings. The van der Waals surface area contributed by atoms with Crippen LogP contribution >= 0.6 is 0 Å². The summed E-state index contributed by atoms with van der Waals surface area (Å²) in [6.07, 6.45) is 0.